The van der Waals surface area contributed by atoms with Crippen LogP contribution < -0.4 is 0 Å². The molecule has 2 N–H and O–H groups in total. The highest BCUT2D eigenvalue weighted by Gasteiger charge is 2.19. The zero-order valence-corrected chi connectivity index (χ0v) is 17.9. The number of halogens is 1. The van der Waals surface area contributed by atoms with Crippen molar-refractivity contribution < 1.29 is 9.18 Å². The van der Waals surface area contributed by atoms with Crippen LogP contribution in [0.25, 0.3) is 55.2 Å². The number of Topliss-reactive ketones (excluding diaryl/α,β-unsaturated/α-hetero) is 1. The van der Waals surface area contributed by atoms with Gasteiger partial charge in [0.05, 0.1) is 10.4 Å². The Balaban J connectivity index is 1.51. The van der Waals surface area contributed by atoms with Crippen LogP contribution in [0, 0.1) is 5.82 Å². The molecule has 0 saturated heterocycles. The van der Waals surface area contributed by atoms with Gasteiger partial charge in [-0.1, -0.05) is 0 Å². The SMILES string of the molecule is CC(=O)c1ccc(-c2ccnc3nc(-c4[nH]nc5c(F)cc(-c6cncnc6)cc45)[nH]c23)s1. The fourth-order valence-electron chi connectivity index (χ4n) is 3.78. The predicted molar refractivity (Wildman–Crippen MR) is 123 cm³/mol. The number of thiophene rings is 1. The third-order valence-electron chi connectivity index (χ3n) is 5.35. The Bertz CT molecular complexity index is 1670. The Morgan fingerprint density at radius 3 is 2.73 bits per heavy atom. The monoisotopic (exact) mass is 455 g/mol. The fraction of sp³-hybridized carbons (Fsp3) is 0.0435. The summed E-state index contributed by atoms with van der Waals surface area (Å²) in [7, 11) is 0. The summed E-state index contributed by atoms with van der Waals surface area (Å²) in [6.07, 6.45) is 6.35. The van der Waals surface area contributed by atoms with Crippen molar-refractivity contribution in [1.29, 1.82) is 0 Å². The van der Waals surface area contributed by atoms with Crippen LogP contribution in [0.2, 0.25) is 0 Å². The molecular formula is C23H14FN7OS. The van der Waals surface area contributed by atoms with Gasteiger partial charge in [0.15, 0.2) is 23.1 Å². The maximum atomic E-state index is 14.8. The van der Waals surface area contributed by atoms with Gasteiger partial charge in [-0.25, -0.2) is 24.3 Å². The predicted octanol–water partition coefficient (Wildman–Crippen LogP) is 5.03. The van der Waals surface area contributed by atoms with Crippen LogP contribution in [0.1, 0.15) is 16.6 Å². The van der Waals surface area contributed by atoms with Crippen molar-refractivity contribution in [3.8, 4) is 33.1 Å². The quantitative estimate of drug-likeness (QED) is 0.361. The summed E-state index contributed by atoms with van der Waals surface area (Å²) >= 11 is 1.41. The summed E-state index contributed by atoms with van der Waals surface area (Å²) in [6.45, 7) is 1.55. The van der Waals surface area contributed by atoms with E-state index in [4.69, 9.17) is 0 Å². The molecule has 6 aromatic rings. The van der Waals surface area contributed by atoms with Gasteiger partial charge in [0, 0.05) is 40.0 Å². The third-order valence-corrected chi connectivity index (χ3v) is 6.57. The normalized spacial score (nSPS) is 11.5. The number of aromatic amines is 2. The Kier molecular flexibility index (Phi) is 4.34. The zero-order chi connectivity index (χ0) is 22.5. The van der Waals surface area contributed by atoms with Gasteiger partial charge >= 0.3 is 0 Å². The van der Waals surface area contributed by atoms with Crippen LogP contribution in [0.3, 0.4) is 0 Å². The molecule has 0 atom stereocenters. The minimum atomic E-state index is -0.459. The zero-order valence-electron chi connectivity index (χ0n) is 17.1. The molecule has 0 aliphatic carbocycles. The van der Waals surface area contributed by atoms with Crippen molar-refractivity contribution in [2.45, 2.75) is 6.92 Å². The van der Waals surface area contributed by atoms with Gasteiger partial charge in [-0.05, 0) is 42.8 Å². The Morgan fingerprint density at radius 1 is 1.09 bits per heavy atom. The molecule has 33 heavy (non-hydrogen) atoms. The van der Waals surface area contributed by atoms with E-state index in [1.165, 1.54) is 23.7 Å². The number of hydrogen-bond acceptors (Lipinski definition) is 7. The lowest BCUT2D eigenvalue weighted by Crippen LogP contribution is -1.86. The number of nitrogens with one attached hydrogen (secondary N) is 2. The first kappa shape index (κ1) is 19.4. The van der Waals surface area contributed by atoms with Crippen molar-refractivity contribution in [2.24, 2.45) is 0 Å². The van der Waals surface area contributed by atoms with Crippen molar-refractivity contribution in [3.05, 3.63) is 65.9 Å². The molecular weight excluding hydrogens is 441 g/mol. The minimum Gasteiger partial charge on any atom is -0.335 e. The summed E-state index contributed by atoms with van der Waals surface area (Å²) in [5, 5.41) is 7.63. The van der Waals surface area contributed by atoms with Crippen molar-refractivity contribution in [2.75, 3.05) is 0 Å². The number of pyridine rings is 1. The number of rotatable bonds is 4. The highest BCUT2D eigenvalue weighted by Crippen LogP contribution is 2.35. The Labute approximate surface area is 189 Å². The second-order valence-electron chi connectivity index (χ2n) is 7.44. The van der Waals surface area contributed by atoms with Crippen molar-refractivity contribution in [3.63, 3.8) is 0 Å². The molecule has 0 radical (unpaired) electrons. The molecule has 0 aliphatic rings. The molecule has 10 heteroatoms. The van der Waals surface area contributed by atoms with Crippen LogP contribution in [0.4, 0.5) is 4.39 Å². The number of carbonyl (C=O) groups is 1. The van der Waals surface area contributed by atoms with Crippen LogP contribution in [-0.4, -0.2) is 40.9 Å². The Hall–Kier alpha value is -4.31. The number of imidazole rings is 1. The summed E-state index contributed by atoms with van der Waals surface area (Å²) in [5.41, 5.74) is 4.20. The lowest BCUT2D eigenvalue weighted by molar-refractivity contribution is 0.102. The number of fused-ring (bicyclic) bond motifs is 2. The van der Waals surface area contributed by atoms with Crippen LogP contribution in [-0.2, 0) is 0 Å². The highest BCUT2D eigenvalue weighted by atomic mass is 32.1. The van der Waals surface area contributed by atoms with Gasteiger partial charge in [-0.15, -0.1) is 11.3 Å². The van der Waals surface area contributed by atoms with Gasteiger partial charge in [0.2, 0.25) is 0 Å². The average molecular weight is 455 g/mol. The van der Waals surface area contributed by atoms with Crippen LogP contribution in [0.5, 0.6) is 0 Å². The molecule has 0 amide bonds. The second kappa shape index (κ2) is 7.38. The standard InChI is InChI=1S/C23H14FN7OS/c1-11(32)17-2-3-18(33-17)14-4-5-27-22-20(14)28-23(29-22)21-15-6-12(13-8-25-10-26-9-13)7-16(24)19(15)30-31-21/h2-10H,1H3,(H,30,31)(H,27,28,29). The van der Waals surface area contributed by atoms with E-state index in [0.717, 1.165) is 16.0 Å². The lowest BCUT2D eigenvalue weighted by atomic mass is 10.1. The molecule has 0 unspecified atom stereocenters. The first-order chi connectivity index (χ1) is 16.1. The number of aromatic nitrogens is 7. The number of hydrogen-bond donors (Lipinski definition) is 2. The summed E-state index contributed by atoms with van der Waals surface area (Å²) in [5.74, 6) is 0.0446. The van der Waals surface area contributed by atoms with Crippen LogP contribution >= 0.6 is 11.3 Å². The molecule has 0 fully saturated rings. The van der Waals surface area contributed by atoms with E-state index in [9.17, 15) is 9.18 Å². The summed E-state index contributed by atoms with van der Waals surface area (Å²) in [4.78, 5) is 33.7. The summed E-state index contributed by atoms with van der Waals surface area (Å²) < 4.78 is 14.8. The molecule has 160 valence electrons. The molecule has 0 aliphatic heterocycles. The smallest absolute Gasteiger partial charge is 0.178 e. The van der Waals surface area contributed by atoms with E-state index in [0.29, 0.717) is 38.6 Å². The van der Waals surface area contributed by atoms with E-state index in [1.807, 2.05) is 24.3 Å². The van der Waals surface area contributed by atoms with Gasteiger partial charge in [0.25, 0.3) is 0 Å². The summed E-state index contributed by atoms with van der Waals surface area (Å²) in [6, 6.07) is 8.83. The maximum absolute atomic E-state index is 14.8. The third kappa shape index (κ3) is 3.19. The van der Waals surface area contributed by atoms with E-state index < -0.39 is 5.82 Å². The molecule has 0 saturated carbocycles. The van der Waals surface area contributed by atoms with E-state index in [-0.39, 0.29) is 11.3 Å². The number of carbonyl (C=O) groups excluding carboxylic acids is 1. The van der Waals surface area contributed by atoms with Gasteiger partial charge in [0.1, 0.15) is 17.5 Å². The molecule has 0 bridgehead atoms. The van der Waals surface area contributed by atoms with Gasteiger partial charge < -0.3 is 4.98 Å². The highest BCUT2D eigenvalue weighted by molar-refractivity contribution is 7.17. The van der Waals surface area contributed by atoms with E-state index >= 15 is 0 Å². The molecule has 5 aromatic heterocycles. The number of benzene rings is 1. The molecule has 0 spiro atoms. The maximum Gasteiger partial charge on any atom is 0.178 e. The van der Waals surface area contributed by atoms with Gasteiger partial charge in [-0.2, -0.15) is 5.10 Å². The number of H-pyrrole nitrogens is 2. The second-order valence-corrected chi connectivity index (χ2v) is 8.53. The van der Waals surface area contributed by atoms with Gasteiger partial charge in [-0.3, -0.25) is 9.89 Å². The van der Waals surface area contributed by atoms with Crippen molar-refractivity contribution in [1.82, 2.24) is 35.1 Å². The number of ketones is 1. The van der Waals surface area contributed by atoms with E-state index in [2.05, 4.69) is 35.1 Å². The molecule has 8 nitrogen and oxygen atoms in total. The molecule has 5 heterocycles. The van der Waals surface area contributed by atoms with Crippen LogP contribution in [0.15, 0.2) is 55.2 Å². The minimum absolute atomic E-state index is 0.0208. The average Bonchev–Trinajstić information content (AvgIpc) is 3.56. The topological polar surface area (TPSA) is 113 Å². The Morgan fingerprint density at radius 2 is 1.94 bits per heavy atom. The fourth-order valence-corrected chi connectivity index (χ4v) is 4.71. The first-order valence-corrected chi connectivity index (χ1v) is 10.8. The first-order valence-electron chi connectivity index (χ1n) is 9.98. The number of nitrogens with zero attached hydrogens (tertiary/aromatic N) is 5. The largest absolute Gasteiger partial charge is 0.335 e. The van der Waals surface area contributed by atoms with E-state index in [1.54, 1.807) is 25.5 Å². The molecule has 1 aromatic carbocycles. The molecule has 6 rings (SSSR count). The lowest BCUT2D eigenvalue weighted by Gasteiger charge is -2.02. The van der Waals surface area contributed by atoms with Crippen molar-refractivity contribution >= 4 is 39.2 Å².